The number of carbonyl (C=O) groups excluding carboxylic acids is 2. The summed E-state index contributed by atoms with van der Waals surface area (Å²) in [5, 5.41) is 17.3. The van der Waals surface area contributed by atoms with Crippen molar-refractivity contribution < 1.29 is 24.3 Å². The number of aromatic nitrogens is 1. The summed E-state index contributed by atoms with van der Waals surface area (Å²) in [5.41, 5.74) is 11.7. The van der Waals surface area contributed by atoms with Gasteiger partial charge in [0.2, 0.25) is 0 Å². The van der Waals surface area contributed by atoms with E-state index < -0.39 is 35.3 Å². The standard InChI is InChI=1S/C18H22N6O5S2/c1-3-8-6-30-16-12(15(26)24(16)13(8)17(27)28)22-14(25)11(10-7-31-18(20)21-10)23-29-9(4-2)5-19/h3,7,9,12,16H,1,4-6,19H2,2H3,(H2,20,21)(H,22,25)(H,27,28)/b23-11+/t9?,12?,16-/m1/s1. The molecule has 31 heavy (non-hydrogen) atoms. The van der Waals surface area contributed by atoms with Gasteiger partial charge in [-0.3, -0.25) is 14.5 Å². The number of rotatable bonds is 9. The number of thiazole rings is 1. The van der Waals surface area contributed by atoms with Crippen LogP contribution < -0.4 is 16.8 Å². The number of amides is 2. The molecule has 1 fully saturated rings. The molecule has 1 aromatic heterocycles. The molecule has 2 unspecified atom stereocenters. The van der Waals surface area contributed by atoms with Gasteiger partial charge in [0.05, 0.1) is 0 Å². The average molecular weight is 467 g/mol. The van der Waals surface area contributed by atoms with E-state index in [0.717, 1.165) is 16.2 Å². The van der Waals surface area contributed by atoms with Crippen LogP contribution in [0.4, 0.5) is 5.13 Å². The molecule has 166 valence electrons. The molecule has 11 nitrogen and oxygen atoms in total. The maximum atomic E-state index is 12.9. The van der Waals surface area contributed by atoms with Gasteiger partial charge in [-0.05, 0) is 12.0 Å². The van der Waals surface area contributed by atoms with Gasteiger partial charge >= 0.3 is 5.97 Å². The summed E-state index contributed by atoms with van der Waals surface area (Å²) in [5.74, 6) is -2.09. The van der Waals surface area contributed by atoms with Crippen molar-refractivity contribution in [1.82, 2.24) is 15.2 Å². The van der Waals surface area contributed by atoms with Crippen molar-refractivity contribution in [1.29, 1.82) is 0 Å². The highest BCUT2D eigenvalue weighted by Gasteiger charge is 2.54. The third-order valence-corrected chi connectivity index (χ3v) is 6.70. The molecule has 0 bridgehead atoms. The first-order valence-electron chi connectivity index (χ1n) is 9.32. The minimum atomic E-state index is -1.22. The Bertz CT molecular complexity index is 970. The molecule has 13 heteroatoms. The van der Waals surface area contributed by atoms with E-state index in [9.17, 15) is 19.5 Å². The lowest BCUT2D eigenvalue weighted by atomic mass is 10.0. The number of oxime groups is 1. The highest BCUT2D eigenvalue weighted by molar-refractivity contribution is 8.00. The fraction of sp³-hybridized carbons (Fsp3) is 0.389. The van der Waals surface area contributed by atoms with Gasteiger partial charge < -0.3 is 26.7 Å². The Morgan fingerprint density at radius 3 is 2.87 bits per heavy atom. The van der Waals surface area contributed by atoms with Gasteiger partial charge in [-0.2, -0.15) is 0 Å². The van der Waals surface area contributed by atoms with Crippen molar-refractivity contribution in [3.8, 4) is 0 Å². The van der Waals surface area contributed by atoms with Gasteiger partial charge in [0.25, 0.3) is 11.8 Å². The van der Waals surface area contributed by atoms with Crippen LogP contribution in [0.1, 0.15) is 19.0 Å². The molecule has 1 aromatic rings. The van der Waals surface area contributed by atoms with Crippen molar-refractivity contribution in [2.45, 2.75) is 30.9 Å². The summed E-state index contributed by atoms with van der Waals surface area (Å²) >= 11 is 2.46. The SMILES string of the molecule is C=CC1=C(C(=O)O)N2C(=O)C(NC(=O)/C(=N/OC(CC)CN)c3csc(N)n3)[C@H]2SC1. The van der Waals surface area contributed by atoms with Crippen LogP contribution in [0.5, 0.6) is 0 Å². The van der Waals surface area contributed by atoms with Crippen LogP contribution in [0, 0.1) is 0 Å². The molecule has 2 amide bonds. The number of allylic oxidation sites excluding steroid dienone is 1. The zero-order valence-electron chi connectivity index (χ0n) is 16.6. The number of thioether (sulfide) groups is 1. The van der Waals surface area contributed by atoms with Gasteiger partial charge in [0.1, 0.15) is 28.9 Å². The quantitative estimate of drug-likeness (QED) is 0.224. The number of hydrogen-bond donors (Lipinski definition) is 4. The number of carboxylic acids is 1. The first-order chi connectivity index (χ1) is 14.8. The summed E-state index contributed by atoms with van der Waals surface area (Å²) in [4.78, 5) is 47.8. The van der Waals surface area contributed by atoms with E-state index in [4.69, 9.17) is 16.3 Å². The number of β-lactam (4-membered cyclic amide) rings is 1. The molecular weight excluding hydrogens is 444 g/mol. The molecule has 3 atom stereocenters. The highest BCUT2D eigenvalue weighted by atomic mass is 32.2. The lowest BCUT2D eigenvalue weighted by Crippen LogP contribution is -2.71. The fourth-order valence-electron chi connectivity index (χ4n) is 3.02. The third-order valence-electron chi connectivity index (χ3n) is 4.72. The molecule has 1 saturated heterocycles. The maximum absolute atomic E-state index is 12.9. The van der Waals surface area contributed by atoms with Crippen molar-refractivity contribution in [3.05, 3.63) is 35.0 Å². The van der Waals surface area contributed by atoms with Crippen molar-refractivity contribution >= 4 is 51.7 Å². The van der Waals surface area contributed by atoms with Gasteiger partial charge in [0.15, 0.2) is 10.8 Å². The highest BCUT2D eigenvalue weighted by Crippen LogP contribution is 2.40. The van der Waals surface area contributed by atoms with Crippen LogP contribution in [0.15, 0.2) is 34.5 Å². The van der Waals surface area contributed by atoms with E-state index in [-0.39, 0.29) is 28.8 Å². The number of anilines is 1. The number of nitrogens with one attached hydrogen (secondary N) is 1. The molecule has 0 spiro atoms. The molecule has 0 aliphatic carbocycles. The summed E-state index contributed by atoms with van der Waals surface area (Å²) < 4.78 is 0. The predicted molar refractivity (Wildman–Crippen MR) is 117 cm³/mol. The Labute approximate surface area is 186 Å². The van der Waals surface area contributed by atoms with Gasteiger partial charge in [-0.15, -0.1) is 23.1 Å². The lowest BCUT2D eigenvalue weighted by Gasteiger charge is -2.49. The number of hydrogen-bond acceptors (Lipinski definition) is 10. The molecular formula is C18H22N6O5S2. The molecule has 0 radical (unpaired) electrons. The van der Waals surface area contributed by atoms with Crippen molar-refractivity contribution in [2.24, 2.45) is 10.9 Å². The van der Waals surface area contributed by atoms with E-state index in [0.29, 0.717) is 17.7 Å². The van der Waals surface area contributed by atoms with Crippen molar-refractivity contribution in [3.63, 3.8) is 0 Å². The summed E-state index contributed by atoms with van der Waals surface area (Å²) in [6, 6.07) is -0.920. The van der Waals surface area contributed by atoms with Crippen LogP contribution >= 0.6 is 23.1 Å². The van der Waals surface area contributed by atoms with Crippen LogP contribution in [0.25, 0.3) is 0 Å². The van der Waals surface area contributed by atoms with E-state index in [2.05, 4.69) is 22.0 Å². The Morgan fingerprint density at radius 2 is 2.32 bits per heavy atom. The number of nitrogens with zero attached hydrogens (tertiary/aromatic N) is 3. The van der Waals surface area contributed by atoms with Crippen LogP contribution in [0.3, 0.4) is 0 Å². The Hall–Kier alpha value is -2.90. The summed E-state index contributed by atoms with van der Waals surface area (Å²) in [6.07, 6.45) is 1.61. The lowest BCUT2D eigenvalue weighted by molar-refractivity contribution is -0.150. The average Bonchev–Trinajstić information content (AvgIpc) is 3.19. The normalized spacial score (nSPS) is 21.8. The number of nitrogens with two attached hydrogens (primary N) is 2. The monoisotopic (exact) mass is 466 g/mol. The van der Waals surface area contributed by atoms with Gasteiger partial charge in [-0.1, -0.05) is 24.7 Å². The zero-order chi connectivity index (χ0) is 22.7. The largest absolute Gasteiger partial charge is 0.477 e. The van der Waals surface area contributed by atoms with E-state index >= 15 is 0 Å². The molecule has 3 heterocycles. The molecule has 0 saturated carbocycles. The third kappa shape index (κ3) is 4.43. The number of fused-ring (bicyclic) bond motifs is 1. The Kier molecular flexibility index (Phi) is 6.97. The molecule has 3 rings (SSSR count). The molecule has 0 aromatic carbocycles. The Balaban J connectivity index is 1.81. The predicted octanol–water partition coefficient (Wildman–Crippen LogP) is 0.108. The second kappa shape index (κ2) is 9.49. The molecule has 2 aliphatic rings. The van der Waals surface area contributed by atoms with Crippen LogP contribution in [-0.2, 0) is 19.2 Å². The Morgan fingerprint density at radius 1 is 1.58 bits per heavy atom. The minimum Gasteiger partial charge on any atom is -0.477 e. The summed E-state index contributed by atoms with van der Waals surface area (Å²) in [7, 11) is 0. The second-order valence-corrected chi connectivity index (χ2v) is 8.62. The topological polar surface area (TPSA) is 173 Å². The fourth-order valence-corrected chi connectivity index (χ4v) is 4.91. The first-order valence-corrected chi connectivity index (χ1v) is 11.2. The van der Waals surface area contributed by atoms with E-state index in [1.807, 2.05) is 6.92 Å². The summed E-state index contributed by atoms with van der Waals surface area (Å²) in [6.45, 7) is 5.67. The van der Waals surface area contributed by atoms with E-state index in [1.54, 1.807) is 5.38 Å². The van der Waals surface area contributed by atoms with Crippen LogP contribution in [-0.4, -0.2) is 68.3 Å². The number of carbonyl (C=O) groups is 3. The zero-order valence-corrected chi connectivity index (χ0v) is 18.2. The van der Waals surface area contributed by atoms with Crippen LogP contribution in [0.2, 0.25) is 0 Å². The second-order valence-electron chi connectivity index (χ2n) is 6.63. The smallest absolute Gasteiger partial charge is 0.352 e. The molecule has 6 N–H and O–H groups in total. The minimum absolute atomic E-state index is 0.118. The number of aliphatic carboxylic acids is 1. The maximum Gasteiger partial charge on any atom is 0.352 e. The number of nitrogen functional groups attached to an aromatic ring is 1. The first kappa shape index (κ1) is 22.8. The molecule has 2 aliphatic heterocycles. The van der Waals surface area contributed by atoms with Gasteiger partial charge in [0, 0.05) is 17.7 Å². The van der Waals surface area contributed by atoms with E-state index in [1.165, 1.54) is 17.8 Å². The van der Waals surface area contributed by atoms with Crippen molar-refractivity contribution in [2.75, 3.05) is 18.0 Å². The van der Waals surface area contributed by atoms with Gasteiger partial charge in [-0.25, -0.2) is 9.78 Å². The number of carboxylic acid groups (broad SMARTS) is 1.